The average molecular weight is 326 g/mol. The summed E-state index contributed by atoms with van der Waals surface area (Å²) in [6.45, 7) is 8.19. The molecule has 1 aliphatic rings. The van der Waals surface area contributed by atoms with Gasteiger partial charge in [0, 0.05) is 25.1 Å². The van der Waals surface area contributed by atoms with Crippen LogP contribution in [0.2, 0.25) is 0 Å². The van der Waals surface area contributed by atoms with Crippen molar-refractivity contribution >= 4 is 11.6 Å². The van der Waals surface area contributed by atoms with Gasteiger partial charge in [0.2, 0.25) is 0 Å². The Kier molecular flexibility index (Phi) is 5.69. The Morgan fingerprint density at radius 2 is 1.88 bits per heavy atom. The normalized spacial score (nSPS) is 16.5. The molecule has 6 heteroatoms. The number of nitrogens with zero attached hydrogens (tertiary/aromatic N) is 5. The van der Waals surface area contributed by atoms with Crippen molar-refractivity contribution in [3.63, 3.8) is 0 Å². The Morgan fingerprint density at radius 1 is 1.08 bits per heavy atom. The van der Waals surface area contributed by atoms with Crippen molar-refractivity contribution in [2.45, 2.75) is 33.1 Å². The molecule has 6 nitrogen and oxygen atoms in total. The largest absolute Gasteiger partial charge is 0.322 e. The smallest absolute Gasteiger partial charge is 0.150 e. The molecule has 1 aliphatic heterocycles. The molecular weight excluding hydrogens is 300 g/mol. The lowest BCUT2D eigenvalue weighted by molar-refractivity contribution is 0.167. The summed E-state index contributed by atoms with van der Waals surface area (Å²) in [4.78, 5) is 19.8. The number of nitrogens with one attached hydrogen (secondary N) is 1. The van der Waals surface area contributed by atoms with E-state index >= 15 is 0 Å². The van der Waals surface area contributed by atoms with Crippen LogP contribution in [0.15, 0.2) is 31.0 Å². The van der Waals surface area contributed by atoms with E-state index in [0.29, 0.717) is 11.7 Å². The second-order valence-electron chi connectivity index (χ2n) is 6.95. The third-order valence-electron chi connectivity index (χ3n) is 4.33. The van der Waals surface area contributed by atoms with Gasteiger partial charge < -0.3 is 10.2 Å². The van der Waals surface area contributed by atoms with Crippen molar-refractivity contribution in [2.24, 2.45) is 11.8 Å². The average Bonchev–Trinajstić information content (AvgIpc) is 2.57. The van der Waals surface area contributed by atoms with Crippen molar-refractivity contribution in [3.8, 4) is 0 Å². The van der Waals surface area contributed by atoms with Gasteiger partial charge in [0.25, 0.3) is 0 Å². The summed E-state index contributed by atoms with van der Waals surface area (Å²) in [6, 6.07) is 0. The molecule has 0 aromatic carbocycles. The molecule has 0 spiro atoms. The second-order valence-corrected chi connectivity index (χ2v) is 6.95. The zero-order valence-electron chi connectivity index (χ0n) is 14.5. The van der Waals surface area contributed by atoms with E-state index in [4.69, 9.17) is 0 Å². The van der Waals surface area contributed by atoms with Gasteiger partial charge in [0.15, 0.2) is 0 Å². The molecule has 0 radical (unpaired) electrons. The lowest BCUT2D eigenvalue weighted by atomic mass is 9.92. The van der Waals surface area contributed by atoms with Crippen molar-refractivity contribution in [1.82, 2.24) is 24.8 Å². The predicted octanol–water partition coefficient (Wildman–Crippen LogP) is 2.92. The number of aromatic nitrogens is 4. The van der Waals surface area contributed by atoms with Crippen LogP contribution in [0.25, 0.3) is 0 Å². The van der Waals surface area contributed by atoms with Crippen LogP contribution < -0.4 is 5.32 Å². The fraction of sp³-hybridized carbons (Fsp3) is 0.556. The number of piperidine rings is 1. The van der Waals surface area contributed by atoms with Crippen LogP contribution in [-0.2, 0) is 6.42 Å². The summed E-state index contributed by atoms with van der Waals surface area (Å²) in [5.74, 6) is 2.86. The molecule has 3 heterocycles. The number of hydrogen-bond acceptors (Lipinski definition) is 6. The van der Waals surface area contributed by atoms with Crippen molar-refractivity contribution in [3.05, 3.63) is 36.7 Å². The van der Waals surface area contributed by atoms with Gasteiger partial charge in [-0.2, -0.15) is 0 Å². The highest BCUT2D eigenvalue weighted by atomic mass is 15.1. The Morgan fingerprint density at radius 3 is 2.58 bits per heavy atom. The zero-order valence-corrected chi connectivity index (χ0v) is 14.5. The van der Waals surface area contributed by atoms with E-state index in [1.54, 1.807) is 24.8 Å². The summed E-state index contributed by atoms with van der Waals surface area (Å²) in [5, 5.41) is 3.15. The maximum atomic E-state index is 4.67. The molecule has 0 bridgehead atoms. The van der Waals surface area contributed by atoms with E-state index in [9.17, 15) is 0 Å². The van der Waals surface area contributed by atoms with Gasteiger partial charge in [-0.25, -0.2) is 9.97 Å². The first kappa shape index (κ1) is 16.8. The maximum absolute atomic E-state index is 4.67. The summed E-state index contributed by atoms with van der Waals surface area (Å²) in [5.41, 5.74) is 1.05. The first-order valence-electron chi connectivity index (χ1n) is 8.75. The Balaban J connectivity index is 1.54. The lowest BCUT2D eigenvalue weighted by Crippen LogP contribution is -2.36. The zero-order chi connectivity index (χ0) is 16.8. The van der Waals surface area contributed by atoms with Gasteiger partial charge in [-0.1, -0.05) is 13.8 Å². The molecule has 0 aliphatic carbocycles. The highest BCUT2D eigenvalue weighted by Gasteiger charge is 2.20. The first-order valence-corrected chi connectivity index (χ1v) is 8.75. The fourth-order valence-electron chi connectivity index (χ4n) is 3.25. The van der Waals surface area contributed by atoms with Crippen LogP contribution in [0.5, 0.6) is 0 Å². The molecule has 0 atom stereocenters. The number of likely N-dealkylation sites (tertiary alicyclic amines) is 1. The molecule has 3 rings (SSSR count). The molecule has 1 N–H and O–H groups in total. The monoisotopic (exact) mass is 326 g/mol. The van der Waals surface area contributed by atoms with Crippen molar-refractivity contribution in [2.75, 3.05) is 25.0 Å². The van der Waals surface area contributed by atoms with Gasteiger partial charge in [-0.3, -0.25) is 9.97 Å². The predicted molar refractivity (Wildman–Crippen MR) is 95.1 cm³/mol. The van der Waals surface area contributed by atoms with Gasteiger partial charge in [-0.15, -0.1) is 0 Å². The highest BCUT2D eigenvalue weighted by Crippen LogP contribution is 2.22. The van der Waals surface area contributed by atoms with E-state index in [-0.39, 0.29) is 0 Å². The maximum Gasteiger partial charge on any atom is 0.150 e. The minimum atomic E-state index is 0.686. The van der Waals surface area contributed by atoms with E-state index < -0.39 is 0 Å². The Bertz CT molecular complexity index is 622. The summed E-state index contributed by atoms with van der Waals surface area (Å²) >= 11 is 0. The Hall–Kier alpha value is -2.08. The number of anilines is 2. The number of hydrogen-bond donors (Lipinski definition) is 1. The quantitative estimate of drug-likeness (QED) is 0.880. The van der Waals surface area contributed by atoms with Crippen LogP contribution in [-0.4, -0.2) is 44.5 Å². The molecule has 2 aromatic heterocycles. The van der Waals surface area contributed by atoms with Crippen LogP contribution >= 0.6 is 0 Å². The highest BCUT2D eigenvalue weighted by molar-refractivity contribution is 5.48. The Labute approximate surface area is 143 Å². The summed E-state index contributed by atoms with van der Waals surface area (Å²) in [7, 11) is 0. The van der Waals surface area contributed by atoms with Gasteiger partial charge in [-0.05, 0) is 44.2 Å². The molecule has 24 heavy (non-hydrogen) atoms. The van der Waals surface area contributed by atoms with E-state index in [1.165, 1.54) is 32.5 Å². The summed E-state index contributed by atoms with van der Waals surface area (Å²) < 4.78 is 0. The van der Waals surface area contributed by atoms with E-state index in [1.807, 2.05) is 6.20 Å². The topological polar surface area (TPSA) is 66.8 Å². The van der Waals surface area contributed by atoms with Gasteiger partial charge in [0.05, 0.1) is 18.1 Å². The molecule has 2 aromatic rings. The minimum Gasteiger partial charge on any atom is -0.322 e. The molecule has 0 unspecified atom stereocenters. The third kappa shape index (κ3) is 4.96. The molecule has 0 saturated carbocycles. The molecular formula is C18H26N6. The first-order chi connectivity index (χ1) is 11.7. The van der Waals surface area contributed by atoms with Gasteiger partial charge >= 0.3 is 0 Å². The SMILES string of the molecule is CC(C)CN1CCC(Cc2cncc(Nc3cnccn3)n2)CC1. The van der Waals surface area contributed by atoms with Crippen LogP contribution in [0.3, 0.4) is 0 Å². The third-order valence-corrected chi connectivity index (χ3v) is 4.33. The minimum absolute atomic E-state index is 0.686. The molecule has 0 amide bonds. The fourth-order valence-corrected chi connectivity index (χ4v) is 3.25. The van der Waals surface area contributed by atoms with Crippen LogP contribution in [0.1, 0.15) is 32.4 Å². The number of rotatable bonds is 6. The molecule has 1 fully saturated rings. The molecule has 128 valence electrons. The van der Waals surface area contributed by atoms with E-state index in [2.05, 4.69) is 44.0 Å². The van der Waals surface area contributed by atoms with E-state index in [0.717, 1.165) is 23.9 Å². The second kappa shape index (κ2) is 8.15. The van der Waals surface area contributed by atoms with Crippen molar-refractivity contribution in [1.29, 1.82) is 0 Å². The molecule has 1 saturated heterocycles. The summed E-state index contributed by atoms with van der Waals surface area (Å²) in [6.07, 6.45) is 12.1. The van der Waals surface area contributed by atoms with Crippen molar-refractivity contribution < 1.29 is 0 Å². The standard InChI is InChI=1S/C18H26N6/c1-14(2)13-24-7-3-15(4-8-24)9-16-10-20-12-18(22-16)23-17-11-19-5-6-21-17/h5-6,10-12,14-15H,3-4,7-9,13H2,1-2H3,(H,21,22,23). The van der Waals surface area contributed by atoms with Crippen LogP contribution in [0.4, 0.5) is 11.6 Å². The lowest BCUT2D eigenvalue weighted by Gasteiger charge is -2.32. The van der Waals surface area contributed by atoms with Gasteiger partial charge in [0.1, 0.15) is 11.6 Å². The van der Waals surface area contributed by atoms with Crippen LogP contribution in [0, 0.1) is 11.8 Å².